The van der Waals surface area contributed by atoms with Crippen LogP contribution < -0.4 is 16.0 Å². The molecule has 5 rings (SSSR count). The van der Waals surface area contributed by atoms with Gasteiger partial charge in [-0.15, -0.1) is 23.1 Å². The highest BCUT2D eigenvalue weighted by molar-refractivity contribution is 8.00. The molecule has 1 heterocycles. The number of aromatic nitrogens is 1. The third-order valence-electron chi connectivity index (χ3n) is 6.77. The van der Waals surface area contributed by atoms with Crippen molar-refractivity contribution in [2.75, 3.05) is 10.6 Å². The monoisotopic (exact) mass is 754 g/mol. The Morgan fingerprint density at radius 2 is 1.65 bits per heavy atom. The predicted molar refractivity (Wildman–Crippen MR) is 200 cm³/mol. The summed E-state index contributed by atoms with van der Waals surface area (Å²) in [4.78, 5) is 45.1. The summed E-state index contributed by atoms with van der Waals surface area (Å²) in [5.41, 5.74) is 2.77. The highest BCUT2D eigenvalue weighted by atomic mass is 35.5. The summed E-state index contributed by atoms with van der Waals surface area (Å²) in [5.74, 6) is -1.24. The third-order valence-corrected chi connectivity index (χ3v) is 10.2. The number of anilines is 2. The molecule has 1 atom stereocenters. The maximum absolute atomic E-state index is 13.5. The SMILES string of the molecule is CCC(Sc1cccc(NC(=O)/C(=C\c2ccc(Cl)cc2Cl)NC(=O)c2ccccc2)c1)C(=O)Nc1nc(-c2ccc(Cl)c(Cl)c2)cs1. The van der Waals surface area contributed by atoms with Crippen molar-refractivity contribution in [2.45, 2.75) is 23.5 Å². The van der Waals surface area contributed by atoms with Gasteiger partial charge in [0.15, 0.2) is 5.13 Å². The number of thioether (sulfide) groups is 1. The van der Waals surface area contributed by atoms with Crippen molar-refractivity contribution in [1.29, 1.82) is 0 Å². The number of hydrogen-bond acceptors (Lipinski definition) is 6. The second-order valence-electron chi connectivity index (χ2n) is 10.2. The van der Waals surface area contributed by atoms with E-state index in [-0.39, 0.29) is 11.6 Å². The van der Waals surface area contributed by atoms with Gasteiger partial charge in [-0.1, -0.05) is 89.7 Å². The Kier molecular flexibility index (Phi) is 12.2. The number of nitrogens with zero attached hydrogens (tertiary/aromatic N) is 1. The van der Waals surface area contributed by atoms with Crippen molar-refractivity contribution in [1.82, 2.24) is 10.3 Å². The maximum Gasteiger partial charge on any atom is 0.272 e. The van der Waals surface area contributed by atoms with Gasteiger partial charge in [0, 0.05) is 37.1 Å². The normalized spacial score (nSPS) is 11.9. The van der Waals surface area contributed by atoms with E-state index in [1.807, 2.05) is 24.4 Å². The summed E-state index contributed by atoms with van der Waals surface area (Å²) in [5, 5.41) is 11.9. The molecule has 0 radical (unpaired) electrons. The van der Waals surface area contributed by atoms with Crippen LogP contribution in [0.4, 0.5) is 10.8 Å². The molecule has 0 saturated heterocycles. The molecule has 3 N–H and O–H groups in total. The van der Waals surface area contributed by atoms with E-state index in [4.69, 9.17) is 46.4 Å². The second kappa shape index (κ2) is 16.5. The Hall–Kier alpha value is -3.83. The topological polar surface area (TPSA) is 100 Å². The van der Waals surface area contributed by atoms with E-state index in [9.17, 15) is 14.4 Å². The van der Waals surface area contributed by atoms with Gasteiger partial charge in [-0.2, -0.15) is 0 Å². The zero-order chi connectivity index (χ0) is 34.2. The number of rotatable bonds is 11. The molecule has 4 aromatic carbocycles. The molecule has 244 valence electrons. The number of thiazole rings is 1. The highest BCUT2D eigenvalue weighted by Crippen LogP contribution is 2.32. The quantitative estimate of drug-likeness (QED) is 0.0921. The lowest BCUT2D eigenvalue weighted by atomic mass is 10.1. The van der Waals surface area contributed by atoms with Crippen LogP contribution in [-0.2, 0) is 9.59 Å². The van der Waals surface area contributed by atoms with Crippen LogP contribution in [0, 0.1) is 0 Å². The number of carbonyl (C=O) groups excluding carboxylic acids is 3. The first-order chi connectivity index (χ1) is 23.1. The van der Waals surface area contributed by atoms with E-state index in [1.165, 1.54) is 29.2 Å². The fourth-order valence-electron chi connectivity index (χ4n) is 4.35. The molecule has 5 aromatic rings. The van der Waals surface area contributed by atoms with Gasteiger partial charge < -0.3 is 16.0 Å². The summed E-state index contributed by atoms with van der Waals surface area (Å²) in [7, 11) is 0. The van der Waals surface area contributed by atoms with Gasteiger partial charge in [0.05, 0.1) is 21.0 Å². The summed E-state index contributed by atoms with van der Waals surface area (Å²) in [6, 6.07) is 25.7. The largest absolute Gasteiger partial charge is 0.321 e. The van der Waals surface area contributed by atoms with Crippen molar-refractivity contribution in [2.24, 2.45) is 0 Å². The van der Waals surface area contributed by atoms with Crippen molar-refractivity contribution >= 4 is 104 Å². The Labute approximate surface area is 305 Å². The summed E-state index contributed by atoms with van der Waals surface area (Å²) >= 11 is 27.3. The summed E-state index contributed by atoms with van der Waals surface area (Å²) < 4.78 is 0. The average Bonchev–Trinajstić information content (AvgIpc) is 3.54. The molecule has 0 aliphatic rings. The van der Waals surface area contributed by atoms with Crippen molar-refractivity contribution in [3.8, 4) is 11.3 Å². The van der Waals surface area contributed by atoms with E-state index in [0.29, 0.717) is 54.2 Å². The smallest absolute Gasteiger partial charge is 0.272 e. The lowest BCUT2D eigenvalue weighted by molar-refractivity contribution is -0.116. The fraction of sp³-hybridized carbons (Fsp3) is 0.0857. The Bertz CT molecular complexity index is 2000. The molecular formula is C35H26Cl4N4O3S2. The van der Waals surface area contributed by atoms with E-state index in [2.05, 4.69) is 20.9 Å². The van der Waals surface area contributed by atoms with Crippen molar-refractivity contribution < 1.29 is 14.4 Å². The van der Waals surface area contributed by atoms with Crippen LogP contribution in [0.5, 0.6) is 0 Å². The molecule has 13 heteroatoms. The van der Waals surface area contributed by atoms with Gasteiger partial charge in [-0.05, 0) is 72.7 Å². The molecule has 1 unspecified atom stereocenters. The van der Waals surface area contributed by atoms with Crippen LogP contribution in [0.3, 0.4) is 0 Å². The molecular weight excluding hydrogens is 730 g/mol. The summed E-state index contributed by atoms with van der Waals surface area (Å²) in [6.45, 7) is 1.92. The maximum atomic E-state index is 13.5. The van der Waals surface area contributed by atoms with E-state index in [1.54, 1.807) is 78.9 Å². The molecule has 0 spiro atoms. The van der Waals surface area contributed by atoms with Crippen molar-refractivity contribution in [3.05, 3.63) is 133 Å². The molecule has 0 saturated carbocycles. The molecule has 0 aliphatic heterocycles. The van der Waals surface area contributed by atoms with Gasteiger partial charge in [0.2, 0.25) is 5.91 Å². The molecule has 0 aliphatic carbocycles. The van der Waals surface area contributed by atoms with Crippen LogP contribution in [0.1, 0.15) is 29.3 Å². The third kappa shape index (κ3) is 9.41. The molecule has 0 fully saturated rings. The molecule has 3 amide bonds. The van der Waals surface area contributed by atoms with E-state index in [0.717, 1.165) is 10.5 Å². The Morgan fingerprint density at radius 1 is 0.854 bits per heavy atom. The lowest BCUT2D eigenvalue weighted by Crippen LogP contribution is -2.30. The van der Waals surface area contributed by atoms with Crippen LogP contribution in [0.25, 0.3) is 17.3 Å². The van der Waals surface area contributed by atoms with Crippen LogP contribution in [0.2, 0.25) is 20.1 Å². The molecule has 0 bridgehead atoms. The average molecular weight is 757 g/mol. The highest BCUT2D eigenvalue weighted by Gasteiger charge is 2.21. The Balaban J connectivity index is 1.29. The molecule has 7 nitrogen and oxygen atoms in total. The number of hydrogen-bond donors (Lipinski definition) is 3. The summed E-state index contributed by atoms with van der Waals surface area (Å²) in [6.07, 6.45) is 2.02. The standard InChI is InChI=1S/C35H26Cl4N4O3S2/c1-2-31(34(46)43-35-42-30(19-47-35)22-12-14-26(37)28(39)15-22)48-25-10-6-9-24(18-25)40-33(45)29(16-21-11-13-23(36)17-27(21)38)41-32(44)20-7-4-3-5-8-20/h3-19,31H,2H2,1H3,(H,40,45)(H,41,44)(H,42,43,46)/b29-16+. The first kappa shape index (κ1) is 35.5. The number of nitrogens with one attached hydrogen (secondary N) is 3. The number of halogens is 4. The van der Waals surface area contributed by atoms with Crippen LogP contribution in [0.15, 0.2) is 107 Å². The Morgan fingerprint density at radius 3 is 2.38 bits per heavy atom. The van der Waals surface area contributed by atoms with E-state index < -0.39 is 17.1 Å². The van der Waals surface area contributed by atoms with Gasteiger partial charge in [0.1, 0.15) is 5.70 Å². The zero-order valence-electron chi connectivity index (χ0n) is 25.1. The van der Waals surface area contributed by atoms with Crippen LogP contribution in [-0.4, -0.2) is 28.0 Å². The molecule has 48 heavy (non-hydrogen) atoms. The fourth-order valence-corrected chi connectivity index (χ4v) is 6.85. The van der Waals surface area contributed by atoms with Crippen LogP contribution >= 0.6 is 69.5 Å². The number of benzene rings is 4. The minimum Gasteiger partial charge on any atom is -0.321 e. The molecule has 1 aromatic heterocycles. The number of amides is 3. The van der Waals surface area contributed by atoms with Gasteiger partial charge in [-0.3, -0.25) is 14.4 Å². The van der Waals surface area contributed by atoms with Crippen molar-refractivity contribution in [3.63, 3.8) is 0 Å². The minimum absolute atomic E-state index is 0.0272. The first-order valence-corrected chi connectivity index (χ1v) is 17.7. The van der Waals surface area contributed by atoms with Gasteiger partial charge >= 0.3 is 0 Å². The first-order valence-electron chi connectivity index (χ1n) is 14.4. The predicted octanol–water partition coefficient (Wildman–Crippen LogP) is 10.3. The minimum atomic E-state index is -0.571. The van der Waals surface area contributed by atoms with Gasteiger partial charge in [0.25, 0.3) is 11.8 Å². The van der Waals surface area contributed by atoms with Gasteiger partial charge in [-0.25, -0.2) is 4.98 Å². The number of carbonyl (C=O) groups is 3. The van der Waals surface area contributed by atoms with E-state index >= 15 is 0 Å². The second-order valence-corrected chi connectivity index (χ2v) is 14.0. The zero-order valence-corrected chi connectivity index (χ0v) is 29.8. The lowest BCUT2D eigenvalue weighted by Gasteiger charge is -2.15.